The lowest BCUT2D eigenvalue weighted by Crippen LogP contribution is -2.39. The third-order valence-electron chi connectivity index (χ3n) is 5.83. The van der Waals surface area contributed by atoms with Crippen LogP contribution >= 0.6 is 0 Å². The molecule has 0 aromatic heterocycles. The molecular weight excluding hydrogens is 472 g/mol. The summed E-state index contributed by atoms with van der Waals surface area (Å²) in [7, 11) is 1.65. The van der Waals surface area contributed by atoms with Crippen LogP contribution in [-0.4, -0.2) is 62.0 Å². The van der Waals surface area contributed by atoms with Crippen molar-refractivity contribution >= 4 is 23.8 Å². The number of benzene rings is 2. The summed E-state index contributed by atoms with van der Waals surface area (Å²) < 4.78 is 10.8. The molecule has 194 valence electrons. The Morgan fingerprint density at radius 2 is 1.35 bits per heavy atom. The van der Waals surface area contributed by atoms with E-state index in [1.165, 1.54) is 4.90 Å². The van der Waals surface area contributed by atoms with E-state index in [1.54, 1.807) is 55.6 Å². The molecule has 0 radical (unpaired) electrons. The first-order valence-corrected chi connectivity index (χ1v) is 12.1. The van der Waals surface area contributed by atoms with E-state index in [0.717, 1.165) is 12.0 Å². The van der Waals surface area contributed by atoms with E-state index in [1.807, 2.05) is 25.2 Å². The van der Waals surface area contributed by atoms with E-state index in [9.17, 15) is 19.2 Å². The first-order valence-electron chi connectivity index (χ1n) is 12.1. The molecule has 0 saturated heterocycles. The van der Waals surface area contributed by atoms with E-state index in [-0.39, 0.29) is 30.5 Å². The van der Waals surface area contributed by atoms with Crippen molar-refractivity contribution in [3.8, 4) is 11.1 Å². The molecule has 1 heterocycles. The molecule has 1 unspecified atom stereocenters. The molecule has 2 aromatic carbocycles. The number of nitrogens with one attached hydrogen (secondary N) is 1. The van der Waals surface area contributed by atoms with Crippen LogP contribution in [-0.2, 0) is 19.1 Å². The predicted octanol–water partition coefficient (Wildman–Crippen LogP) is 3.78. The summed E-state index contributed by atoms with van der Waals surface area (Å²) in [6, 6.07) is 13.6. The average Bonchev–Trinajstić information content (AvgIpc) is 2.90. The van der Waals surface area contributed by atoms with Crippen molar-refractivity contribution in [2.75, 3.05) is 33.4 Å². The Morgan fingerprint density at radius 3 is 1.95 bits per heavy atom. The number of carbonyl (C=O) groups is 4. The number of rotatable bonds is 0. The van der Waals surface area contributed by atoms with Gasteiger partial charge in [0, 0.05) is 13.6 Å². The molecule has 2 amide bonds. The monoisotopic (exact) mass is 504 g/mol. The van der Waals surface area contributed by atoms with Crippen molar-refractivity contribution in [2.24, 2.45) is 5.92 Å². The van der Waals surface area contributed by atoms with Crippen LogP contribution in [0.1, 0.15) is 41.0 Å². The van der Waals surface area contributed by atoms with Gasteiger partial charge < -0.3 is 19.7 Å². The van der Waals surface area contributed by atoms with Gasteiger partial charge in [0.1, 0.15) is 6.61 Å². The Hall–Kier alpha value is -4.20. The van der Waals surface area contributed by atoms with Crippen LogP contribution in [0.15, 0.2) is 72.3 Å². The molecule has 1 atom stereocenters. The molecular formula is C29H32N2O6. The number of esters is 2. The zero-order valence-electron chi connectivity index (χ0n) is 21.4. The second kappa shape index (κ2) is 13.2. The Labute approximate surface area is 216 Å². The van der Waals surface area contributed by atoms with E-state index in [2.05, 4.69) is 12.2 Å². The Bertz CT molecular complexity index is 1220. The standard InChI is InChI=1S/C29H32N2O6/c1-20-10-8-9-15-31(3)27(33)17-30-26(32)19-37-29(35)25-14-7-5-12-23(25)22-11-4-6-13-24(22)28(34)36-18-21(2)16-20/h4-9,11-14,16,20H,10,15,17-19H2,1-3H3,(H,30,32)/b9-8+,21-16-. The molecule has 37 heavy (non-hydrogen) atoms. The lowest BCUT2D eigenvalue weighted by molar-refractivity contribution is -0.132. The number of ether oxygens (including phenoxy) is 2. The van der Waals surface area contributed by atoms with Gasteiger partial charge in [-0.05, 0) is 48.1 Å². The minimum absolute atomic E-state index is 0.136. The highest BCUT2D eigenvalue weighted by Gasteiger charge is 2.20. The van der Waals surface area contributed by atoms with Crippen molar-refractivity contribution in [2.45, 2.75) is 20.3 Å². The molecule has 8 heteroatoms. The molecule has 0 bridgehead atoms. The van der Waals surface area contributed by atoms with Gasteiger partial charge in [0.15, 0.2) is 6.61 Å². The summed E-state index contributed by atoms with van der Waals surface area (Å²) >= 11 is 0. The SMILES string of the molecule is C/C1=C/C(C)C/C=C/CN(C)C(=O)CNC(=O)COC(=O)c2ccccc2-c2ccccc2C(=O)OC1. The molecule has 2 aromatic rings. The van der Waals surface area contributed by atoms with E-state index < -0.39 is 24.5 Å². The summed E-state index contributed by atoms with van der Waals surface area (Å²) in [5.74, 6) is -1.88. The number of carbonyl (C=O) groups excluding carboxylic acids is 4. The van der Waals surface area contributed by atoms with Crippen LogP contribution in [0.2, 0.25) is 0 Å². The molecule has 0 spiro atoms. The van der Waals surface area contributed by atoms with Gasteiger partial charge in [-0.15, -0.1) is 0 Å². The maximum absolute atomic E-state index is 13.0. The van der Waals surface area contributed by atoms with Crippen molar-refractivity contribution in [1.82, 2.24) is 10.2 Å². The number of cyclic esters (lactones) is 2. The maximum atomic E-state index is 13.0. The van der Waals surface area contributed by atoms with E-state index in [4.69, 9.17) is 9.47 Å². The van der Waals surface area contributed by atoms with Gasteiger partial charge in [0.2, 0.25) is 5.91 Å². The molecule has 3 rings (SSSR count). The molecule has 0 fully saturated rings. The fourth-order valence-corrected chi connectivity index (χ4v) is 3.87. The highest BCUT2D eigenvalue weighted by molar-refractivity contribution is 6.03. The Kier molecular flexibility index (Phi) is 9.77. The summed E-state index contributed by atoms with van der Waals surface area (Å²) in [4.78, 5) is 51.9. The van der Waals surface area contributed by atoms with Gasteiger partial charge >= 0.3 is 11.9 Å². The highest BCUT2D eigenvalue weighted by Crippen LogP contribution is 2.28. The first kappa shape index (κ1) is 27.4. The number of amides is 2. The van der Waals surface area contributed by atoms with Crippen LogP contribution in [0.4, 0.5) is 0 Å². The third kappa shape index (κ3) is 7.90. The van der Waals surface area contributed by atoms with Crippen LogP contribution < -0.4 is 5.32 Å². The minimum Gasteiger partial charge on any atom is -0.458 e. The first-order chi connectivity index (χ1) is 17.8. The Morgan fingerprint density at radius 1 is 0.811 bits per heavy atom. The fourth-order valence-electron chi connectivity index (χ4n) is 3.87. The van der Waals surface area contributed by atoms with Gasteiger partial charge in [0.25, 0.3) is 5.91 Å². The molecule has 0 aliphatic carbocycles. The molecule has 1 N–H and O–H groups in total. The third-order valence-corrected chi connectivity index (χ3v) is 5.83. The van der Waals surface area contributed by atoms with Gasteiger partial charge in [-0.2, -0.15) is 0 Å². The summed E-state index contributed by atoms with van der Waals surface area (Å²) in [5.41, 5.74) is 2.42. The predicted molar refractivity (Wildman–Crippen MR) is 140 cm³/mol. The van der Waals surface area contributed by atoms with E-state index >= 15 is 0 Å². The lowest BCUT2D eigenvalue weighted by atomic mass is 9.95. The van der Waals surface area contributed by atoms with Gasteiger partial charge in [-0.3, -0.25) is 9.59 Å². The number of nitrogens with zero attached hydrogens (tertiary/aromatic N) is 1. The van der Waals surface area contributed by atoms with Gasteiger partial charge in [0.05, 0.1) is 17.7 Å². The normalized spacial score (nSPS) is 21.0. The zero-order valence-corrected chi connectivity index (χ0v) is 21.4. The summed E-state index contributed by atoms with van der Waals surface area (Å²) in [6.45, 7) is 3.75. The van der Waals surface area contributed by atoms with Gasteiger partial charge in [-0.1, -0.05) is 61.5 Å². The van der Waals surface area contributed by atoms with Gasteiger partial charge in [-0.25, -0.2) is 9.59 Å². The molecule has 1 aliphatic rings. The van der Waals surface area contributed by atoms with Crippen LogP contribution in [0.3, 0.4) is 0 Å². The van der Waals surface area contributed by atoms with E-state index in [0.29, 0.717) is 23.2 Å². The average molecular weight is 505 g/mol. The number of likely N-dealkylation sites (N-methyl/N-ethyl adjacent to an activating group) is 1. The largest absolute Gasteiger partial charge is 0.458 e. The zero-order chi connectivity index (χ0) is 26.8. The Balaban J connectivity index is 1.90. The fraction of sp³-hybridized carbons (Fsp3) is 0.310. The smallest absolute Gasteiger partial charge is 0.339 e. The summed E-state index contributed by atoms with van der Waals surface area (Å²) in [6.07, 6.45) is 6.68. The quantitative estimate of drug-likeness (QED) is 0.433. The lowest BCUT2D eigenvalue weighted by Gasteiger charge is -2.16. The number of fused-ring (bicyclic) bond motifs is 3. The summed E-state index contributed by atoms with van der Waals surface area (Å²) in [5, 5.41) is 2.48. The molecule has 8 nitrogen and oxygen atoms in total. The van der Waals surface area contributed by atoms with Crippen molar-refractivity contribution in [3.63, 3.8) is 0 Å². The number of allylic oxidation sites excluding steroid dienone is 2. The number of hydrogen-bond donors (Lipinski definition) is 1. The molecule has 1 aliphatic heterocycles. The van der Waals surface area contributed by atoms with Crippen molar-refractivity contribution in [3.05, 3.63) is 83.5 Å². The highest BCUT2D eigenvalue weighted by atomic mass is 16.5. The van der Waals surface area contributed by atoms with Crippen LogP contribution in [0.5, 0.6) is 0 Å². The van der Waals surface area contributed by atoms with Crippen LogP contribution in [0, 0.1) is 5.92 Å². The van der Waals surface area contributed by atoms with Crippen molar-refractivity contribution in [1.29, 1.82) is 0 Å². The van der Waals surface area contributed by atoms with Crippen LogP contribution in [0.25, 0.3) is 11.1 Å². The van der Waals surface area contributed by atoms with Crippen molar-refractivity contribution < 1.29 is 28.7 Å². The molecule has 0 saturated carbocycles. The second-order valence-corrected chi connectivity index (χ2v) is 8.99. The minimum atomic E-state index is -0.725. The number of hydrogen-bond acceptors (Lipinski definition) is 6. The topological polar surface area (TPSA) is 102 Å². The second-order valence-electron chi connectivity index (χ2n) is 8.99. The maximum Gasteiger partial charge on any atom is 0.339 e.